The summed E-state index contributed by atoms with van der Waals surface area (Å²) in [4.78, 5) is 11.7. The van der Waals surface area contributed by atoms with Crippen LogP contribution in [0.4, 0.5) is 22.9 Å². The van der Waals surface area contributed by atoms with Crippen LogP contribution in [-0.2, 0) is 0 Å². The first-order valence-corrected chi connectivity index (χ1v) is 14.7. The summed E-state index contributed by atoms with van der Waals surface area (Å²) in [5.41, 5.74) is 13.8. The molecule has 44 heavy (non-hydrogen) atoms. The van der Waals surface area contributed by atoms with E-state index in [0.717, 1.165) is 74.2 Å². The van der Waals surface area contributed by atoms with Crippen molar-refractivity contribution in [3.63, 3.8) is 0 Å². The molecule has 0 saturated carbocycles. The standard InChI is InChI=1S/C39H31N5/c1-3-4-7-17-34-28(2)43(32-21-19-29(20-22-32)37-27-41-36-18-12-25-40-39(36)42-37)38-24-23-33(26-35(34)38)44(30-13-8-5-9-14-30)31-15-10-6-11-16-31/h3-6,8-24,26-27H,1,25H2,2H3,(H,40,42). The average molecular weight is 570 g/mol. The van der Waals surface area contributed by atoms with Crippen molar-refractivity contribution < 1.29 is 0 Å². The molecule has 1 aliphatic heterocycles. The minimum Gasteiger partial charge on any atom is -0.365 e. The Hall–Kier alpha value is -5.90. The van der Waals surface area contributed by atoms with Gasteiger partial charge in [-0.3, -0.25) is 4.98 Å². The van der Waals surface area contributed by atoms with Crippen LogP contribution >= 0.6 is 0 Å². The fourth-order valence-corrected chi connectivity index (χ4v) is 5.78. The number of aromatic nitrogens is 3. The van der Waals surface area contributed by atoms with E-state index in [4.69, 9.17) is 4.98 Å². The highest BCUT2D eigenvalue weighted by molar-refractivity contribution is 5.96. The zero-order valence-electron chi connectivity index (χ0n) is 24.5. The van der Waals surface area contributed by atoms with Crippen molar-refractivity contribution in [3.05, 3.63) is 157 Å². The van der Waals surface area contributed by atoms with Crippen molar-refractivity contribution in [2.24, 2.45) is 0 Å². The summed E-state index contributed by atoms with van der Waals surface area (Å²) in [6.07, 6.45) is 11.5. The molecule has 0 saturated heterocycles. The predicted molar refractivity (Wildman–Crippen MR) is 184 cm³/mol. The van der Waals surface area contributed by atoms with Gasteiger partial charge in [-0.25, -0.2) is 4.98 Å². The second-order valence-electron chi connectivity index (χ2n) is 10.6. The molecule has 0 atom stereocenters. The van der Waals surface area contributed by atoms with Gasteiger partial charge in [-0.1, -0.05) is 67.3 Å². The van der Waals surface area contributed by atoms with Gasteiger partial charge in [-0.05, 0) is 79.7 Å². The van der Waals surface area contributed by atoms with E-state index in [0.29, 0.717) is 0 Å². The van der Waals surface area contributed by atoms with E-state index >= 15 is 0 Å². The van der Waals surface area contributed by atoms with E-state index in [1.54, 1.807) is 6.08 Å². The van der Waals surface area contributed by atoms with Gasteiger partial charge >= 0.3 is 0 Å². The fraction of sp³-hybridized carbons (Fsp3) is 0.0513. The topological polar surface area (TPSA) is 46.0 Å². The lowest BCUT2D eigenvalue weighted by atomic mass is 10.1. The molecule has 0 radical (unpaired) electrons. The Kier molecular flexibility index (Phi) is 7.21. The lowest BCUT2D eigenvalue weighted by Crippen LogP contribution is -2.09. The number of para-hydroxylation sites is 2. The molecule has 1 N–H and O–H groups in total. The van der Waals surface area contributed by atoms with E-state index in [1.807, 2.05) is 36.6 Å². The van der Waals surface area contributed by atoms with Crippen LogP contribution in [0.25, 0.3) is 40.0 Å². The van der Waals surface area contributed by atoms with E-state index < -0.39 is 0 Å². The van der Waals surface area contributed by atoms with Crippen molar-refractivity contribution in [3.8, 4) is 16.9 Å². The molecule has 3 heterocycles. The molecule has 0 unspecified atom stereocenters. The number of hydrogen-bond donors (Lipinski definition) is 1. The van der Waals surface area contributed by atoms with Crippen LogP contribution in [0.2, 0.25) is 0 Å². The number of nitrogens with zero attached hydrogens (tertiary/aromatic N) is 4. The molecule has 0 aliphatic carbocycles. The van der Waals surface area contributed by atoms with Gasteiger partial charge in [0.1, 0.15) is 5.69 Å². The zero-order valence-corrected chi connectivity index (χ0v) is 24.5. The normalized spacial score (nSPS) is 11.8. The molecule has 212 valence electrons. The molecule has 5 nitrogen and oxygen atoms in total. The number of benzene rings is 4. The second kappa shape index (κ2) is 11.8. The third-order valence-electron chi connectivity index (χ3n) is 7.85. The molecular formula is C39H31N5. The van der Waals surface area contributed by atoms with Crippen LogP contribution < -0.4 is 10.2 Å². The lowest BCUT2D eigenvalue weighted by molar-refractivity contribution is 1.05. The SMILES string of the molecule is C=CC=C=Cc1c(C)n(-c2ccc(-c3cnc4c(n3)NCC=C4)cc2)c2ccc(N(c3ccccc3)c3ccccc3)cc12. The van der Waals surface area contributed by atoms with Crippen molar-refractivity contribution in [2.75, 3.05) is 16.8 Å². The number of allylic oxidation sites excluding steroid dienone is 2. The Morgan fingerprint density at radius 3 is 2.32 bits per heavy atom. The third-order valence-corrected chi connectivity index (χ3v) is 7.85. The summed E-state index contributed by atoms with van der Waals surface area (Å²) in [6, 6.07) is 36.2. The van der Waals surface area contributed by atoms with Gasteiger partial charge in [0.05, 0.1) is 17.4 Å². The second-order valence-corrected chi connectivity index (χ2v) is 10.6. The Balaban J connectivity index is 1.35. The Labute approximate surface area is 257 Å². The lowest BCUT2D eigenvalue weighted by Gasteiger charge is -2.25. The summed E-state index contributed by atoms with van der Waals surface area (Å²) in [7, 11) is 0. The fourth-order valence-electron chi connectivity index (χ4n) is 5.78. The quantitative estimate of drug-likeness (QED) is 0.154. The minimum atomic E-state index is 0.763. The molecule has 4 aromatic carbocycles. The smallest absolute Gasteiger partial charge is 0.152 e. The molecule has 5 heteroatoms. The molecule has 0 spiro atoms. The Bertz CT molecular complexity index is 2020. The molecule has 0 fully saturated rings. The van der Waals surface area contributed by atoms with Crippen molar-refractivity contribution >= 4 is 45.9 Å². The molecule has 0 bridgehead atoms. The maximum Gasteiger partial charge on any atom is 0.152 e. The summed E-state index contributed by atoms with van der Waals surface area (Å²) in [6.45, 7) is 6.75. The highest BCUT2D eigenvalue weighted by atomic mass is 15.1. The Morgan fingerprint density at radius 1 is 0.886 bits per heavy atom. The van der Waals surface area contributed by atoms with E-state index in [1.165, 1.54) is 0 Å². The van der Waals surface area contributed by atoms with Crippen molar-refractivity contribution in [1.82, 2.24) is 14.5 Å². The number of fused-ring (bicyclic) bond motifs is 2. The summed E-state index contributed by atoms with van der Waals surface area (Å²) in [5, 5.41) is 4.45. The van der Waals surface area contributed by atoms with Gasteiger partial charge < -0.3 is 14.8 Å². The van der Waals surface area contributed by atoms with E-state index in [9.17, 15) is 0 Å². The first-order chi connectivity index (χ1) is 21.7. The van der Waals surface area contributed by atoms with Gasteiger partial charge in [0.2, 0.25) is 0 Å². The van der Waals surface area contributed by atoms with Crippen LogP contribution in [0.1, 0.15) is 17.0 Å². The summed E-state index contributed by atoms with van der Waals surface area (Å²) < 4.78 is 2.31. The number of nitrogens with one attached hydrogen (secondary N) is 1. The van der Waals surface area contributed by atoms with Gasteiger partial charge in [0, 0.05) is 51.5 Å². The number of hydrogen-bond acceptors (Lipinski definition) is 4. The molecular weight excluding hydrogens is 538 g/mol. The molecule has 2 aromatic heterocycles. The highest BCUT2D eigenvalue weighted by Gasteiger charge is 2.18. The first kappa shape index (κ1) is 27.0. The largest absolute Gasteiger partial charge is 0.365 e. The highest BCUT2D eigenvalue weighted by Crippen LogP contribution is 2.39. The predicted octanol–water partition coefficient (Wildman–Crippen LogP) is 9.66. The zero-order chi connectivity index (χ0) is 29.9. The average Bonchev–Trinajstić information content (AvgIpc) is 3.36. The minimum absolute atomic E-state index is 0.763. The first-order valence-electron chi connectivity index (χ1n) is 14.7. The van der Waals surface area contributed by atoms with Gasteiger partial charge in [0.25, 0.3) is 0 Å². The molecule has 1 aliphatic rings. The van der Waals surface area contributed by atoms with Crippen molar-refractivity contribution in [1.29, 1.82) is 0 Å². The Morgan fingerprint density at radius 2 is 1.61 bits per heavy atom. The maximum absolute atomic E-state index is 4.81. The van der Waals surface area contributed by atoms with Crippen LogP contribution in [0.15, 0.2) is 140 Å². The number of anilines is 4. The van der Waals surface area contributed by atoms with Crippen LogP contribution in [0.3, 0.4) is 0 Å². The van der Waals surface area contributed by atoms with Crippen LogP contribution in [0, 0.1) is 6.92 Å². The third kappa shape index (κ3) is 5.02. The van der Waals surface area contributed by atoms with Gasteiger partial charge in [-0.15, -0.1) is 5.73 Å². The molecule has 0 amide bonds. The summed E-state index contributed by atoms with van der Waals surface area (Å²) >= 11 is 0. The van der Waals surface area contributed by atoms with Crippen LogP contribution in [0.5, 0.6) is 0 Å². The van der Waals surface area contributed by atoms with Crippen molar-refractivity contribution in [2.45, 2.75) is 6.92 Å². The summed E-state index contributed by atoms with van der Waals surface area (Å²) in [5.74, 6) is 0.821. The maximum atomic E-state index is 4.81. The van der Waals surface area contributed by atoms with E-state index in [2.05, 4.69) is 136 Å². The van der Waals surface area contributed by atoms with Crippen LogP contribution in [-0.4, -0.2) is 21.1 Å². The van der Waals surface area contributed by atoms with Gasteiger partial charge in [-0.2, -0.15) is 0 Å². The monoisotopic (exact) mass is 569 g/mol. The van der Waals surface area contributed by atoms with E-state index in [-0.39, 0.29) is 0 Å². The van der Waals surface area contributed by atoms with Gasteiger partial charge in [0.15, 0.2) is 5.82 Å². The number of rotatable bonds is 7. The molecule has 7 rings (SSSR count). The molecule has 6 aromatic rings.